The molecular weight excluding hydrogens is 626 g/mol. The minimum atomic E-state index is 0. The van der Waals surface area contributed by atoms with E-state index in [1.54, 1.807) is 0 Å². The van der Waals surface area contributed by atoms with Gasteiger partial charge in [-0.1, -0.05) is 0 Å². The van der Waals surface area contributed by atoms with Crippen LogP contribution in [0.15, 0.2) is 0 Å². The zero-order valence-corrected chi connectivity index (χ0v) is 20.3. The topological polar surface area (TPSA) is 0 Å². The number of hydrogen-bond donors (Lipinski definition) is 0. The molecule has 0 spiro atoms. The molecule has 0 aromatic carbocycles. The standard InChI is InChI=1S/Cd.3Te.2Zn/q+2;3*-2;2*+2. The van der Waals surface area contributed by atoms with Crippen LogP contribution in [0.2, 0.25) is 0 Å². The van der Waals surface area contributed by atoms with Gasteiger partial charge in [0.25, 0.3) is 0 Å². The van der Waals surface area contributed by atoms with Gasteiger partial charge in [-0.05, 0) is 0 Å². The van der Waals surface area contributed by atoms with Gasteiger partial charge >= 0.3 is 66.3 Å². The van der Waals surface area contributed by atoms with Crippen molar-refractivity contribution in [3.05, 3.63) is 0 Å². The summed E-state index contributed by atoms with van der Waals surface area (Å²) in [5.74, 6) is 0. The average molecular weight is 626 g/mol. The summed E-state index contributed by atoms with van der Waals surface area (Å²) in [6.45, 7) is 0. The van der Waals surface area contributed by atoms with Crippen molar-refractivity contribution in [3.63, 3.8) is 0 Å². The van der Waals surface area contributed by atoms with Gasteiger partial charge in [0.15, 0.2) is 0 Å². The van der Waals surface area contributed by atoms with E-state index in [1.807, 2.05) is 0 Å². The zero-order valence-electron chi connectivity index (χ0n) is 3.35. The van der Waals surface area contributed by atoms with E-state index in [2.05, 4.69) is 0 Å². The second-order valence-corrected chi connectivity index (χ2v) is 0. The van der Waals surface area contributed by atoms with E-state index in [0.29, 0.717) is 0 Å². The second-order valence-electron chi connectivity index (χ2n) is 0. The largest absolute Gasteiger partial charge is 2.00 e. The van der Waals surface area contributed by atoms with Crippen molar-refractivity contribution in [2.24, 2.45) is 0 Å². The van der Waals surface area contributed by atoms with Gasteiger partial charge in [0, 0.05) is 0 Å². The molecule has 24 valence electrons. The summed E-state index contributed by atoms with van der Waals surface area (Å²) < 4.78 is 0. The summed E-state index contributed by atoms with van der Waals surface area (Å²) in [5, 5.41) is 0. The molecule has 0 heterocycles. The summed E-state index contributed by atoms with van der Waals surface area (Å²) in [6, 6.07) is 0. The first-order chi connectivity index (χ1) is 0. The third-order valence-electron chi connectivity index (χ3n) is 0. The van der Waals surface area contributed by atoms with Crippen LogP contribution in [-0.2, 0) is 66.3 Å². The van der Waals surface area contributed by atoms with Crippen molar-refractivity contribution >= 4 is 71.0 Å². The molecule has 0 amide bonds. The van der Waals surface area contributed by atoms with Crippen LogP contribution in [0.25, 0.3) is 0 Å². The van der Waals surface area contributed by atoms with Crippen molar-refractivity contribution in [1.82, 2.24) is 0 Å². The quantitative estimate of drug-likeness (QED) is 0.299. The molecular formula is CdTe3Zn2. The molecule has 0 saturated heterocycles. The summed E-state index contributed by atoms with van der Waals surface area (Å²) in [6.07, 6.45) is 0. The Balaban J connectivity index is 0. The minimum absolute atomic E-state index is 0. The molecule has 0 radical (unpaired) electrons. The second kappa shape index (κ2) is 33.8. The fraction of sp³-hybridized carbons (Fsp3) is 0. The fourth-order valence-corrected chi connectivity index (χ4v) is 0. The van der Waals surface area contributed by atoms with Gasteiger partial charge in [0.05, 0.1) is 0 Å². The molecule has 0 fully saturated rings. The summed E-state index contributed by atoms with van der Waals surface area (Å²) in [5.41, 5.74) is 0. The van der Waals surface area contributed by atoms with Gasteiger partial charge in [-0.25, -0.2) is 0 Å². The fourth-order valence-electron chi connectivity index (χ4n) is 0. The first-order valence-corrected chi connectivity index (χ1v) is 0. The molecule has 6 heavy (non-hydrogen) atoms. The molecule has 0 unspecified atom stereocenters. The predicted octanol–water partition coefficient (Wildman–Crippen LogP) is -1.15. The maximum Gasteiger partial charge on any atom is 2.00 e. The Kier molecular flexibility index (Phi) is 262. The molecule has 0 aliphatic rings. The molecule has 0 N–H and O–H groups in total. The zero-order chi connectivity index (χ0) is 0. The molecule has 0 aliphatic carbocycles. The van der Waals surface area contributed by atoms with Crippen LogP contribution >= 0.6 is 0 Å². The van der Waals surface area contributed by atoms with Crippen LogP contribution in [0.5, 0.6) is 0 Å². The van der Waals surface area contributed by atoms with Crippen molar-refractivity contribution in [2.75, 3.05) is 0 Å². The van der Waals surface area contributed by atoms with E-state index in [4.69, 9.17) is 0 Å². The van der Waals surface area contributed by atoms with Gasteiger partial charge < -0.3 is 71.0 Å². The van der Waals surface area contributed by atoms with Gasteiger partial charge in [-0.3, -0.25) is 0 Å². The normalized spacial score (nSPS) is 0. The van der Waals surface area contributed by atoms with Gasteiger partial charge in [-0.15, -0.1) is 0 Å². The van der Waals surface area contributed by atoms with Gasteiger partial charge in [0.1, 0.15) is 0 Å². The summed E-state index contributed by atoms with van der Waals surface area (Å²) in [7, 11) is 0. The summed E-state index contributed by atoms with van der Waals surface area (Å²) >= 11 is 0. The number of hydrogen-bond acceptors (Lipinski definition) is 0. The molecule has 0 aliphatic heterocycles. The van der Waals surface area contributed by atoms with Gasteiger partial charge in [0.2, 0.25) is 0 Å². The van der Waals surface area contributed by atoms with E-state index in [-0.39, 0.29) is 137 Å². The van der Waals surface area contributed by atoms with Gasteiger partial charge in [-0.2, -0.15) is 0 Å². The Morgan fingerprint density at radius 1 is 0.500 bits per heavy atom. The van der Waals surface area contributed by atoms with Crippen molar-refractivity contribution < 1.29 is 66.3 Å². The van der Waals surface area contributed by atoms with Crippen LogP contribution in [0, 0.1) is 0 Å². The molecule has 0 aromatic rings. The average Bonchev–Trinajstić information content (AvgIpc) is 0. The predicted molar refractivity (Wildman–Crippen MR) is 17.3 cm³/mol. The SMILES string of the molecule is [Cd+2].[Te-2].[Te-2].[Te-2].[Zn+2].[Zn+2]. The first kappa shape index (κ1) is 46.6. The maximum atomic E-state index is 0. The van der Waals surface area contributed by atoms with Crippen LogP contribution in [0.4, 0.5) is 0 Å². The maximum absolute atomic E-state index is 0. The van der Waals surface area contributed by atoms with E-state index >= 15 is 0 Å². The van der Waals surface area contributed by atoms with E-state index < -0.39 is 0 Å². The molecule has 0 bridgehead atoms. The molecule has 0 nitrogen and oxygen atoms in total. The van der Waals surface area contributed by atoms with Crippen molar-refractivity contribution in [3.8, 4) is 0 Å². The monoisotopic (exact) mass is 631 g/mol. The van der Waals surface area contributed by atoms with E-state index in [0.717, 1.165) is 0 Å². The Morgan fingerprint density at radius 2 is 0.500 bits per heavy atom. The molecule has 0 aromatic heterocycles. The Bertz CT molecular complexity index is 8.75. The molecule has 6 heteroatoms. The Labute approximate surface area is 134 Å². The smallest absolute Gasteiger partial charge is 2.00 e. The third-order valence-corrected chi connectivity index (χ3v) is 0. The third kappa shape index (κ3) is 23.6. The van der Waals surface area contributed by atoms with E-state index in [1.165, 1.54) is 0 Å². The summed E-state index contributed by atoms with van der Waals surface area (Å²) in [4.78, 5) is 0. The van der Waals surface area contributed by atoms with Crippen LogP contribution in [-0.4, -0.2) is 71.0 Å². The van der Waals surface area contributed by atoms with Crippen molar-refractivity contribution in [2.45, 2.75) is 0 Å². The van der Waals surface area contributed by atoms with Crippen LogP contribution in [0.1, 0.15) is 0 Å². The molecule has 0 saturated carbocycles. The Morgan fingerprint density at radius 3 is 0.500 bits per heavy atom. The minimum Gasteiger partial charge on any atom is -2.00 e. The molecule has 0 rings (SSSR count). The van der Waals surface area contributed by atoms with Crippen molar-refractivity contribution in [1.29, 1.82) is 0 Å². The molecule has 0 atom stereocenters. The van der Waals surface area contributed by atoms with E-state index in [9.17, 15) is 0 Å². The first-order valence-electron chi connectivity index (χ1n) is 0. The number of rotatable bonds is 0. The van der Waals surface area contributed by atoms with Crippen LogP contribution in [0.3, 0.4) is 0 Å². The Hall–Kier alpha value is 4.54. The van der Waals surface area contributed by atoms with Crippen LogP contribution < -0.4 is 0 Å².